The Morgan fingerprint density at radius 3 is 2.26 bits per heavy atom. The molecule has 0 radical (unpaired) electrons. The van der Waals surface area contributed by atoms with E-state index in [4.69, 9.17) is 17.3 Å². The number of primary amides is 1. The first-order valence-electron chi connectivity index (χ1n) is 17.9. The van der Waals surface area contributed by atoms with E-state index in [0.717, 1.165) is 24.3 Å². The molecule has 3 aromatic heterocycles. The molecule has 0 saturated heterocycles. The first-order chi connectivity index (χ1) is 28.0. The minimum atomic E-state index is -5.33. The number of hydrogen-bond donors (Lipinski definition) is 3. The molecule has 0 aliphatic heterocycles. The van der Waals surface area contributed by atoms with Crippen LogP contribution in [0.15, 0.2) is 42.5 Å². The summed E-state index contributed by atoms with van der Waals surface area (Å²) in [5.41, 5.74) is -1.87. The van der Waals surface area contributed by atoms with Crippen molar-refractivity contribution in [3.05, 3.63) is 93.0 Å². The van der Waals surface area contributed by atoms with Gasteiger partial charge in [0, 0.05) is 34.6 Å². The number of pyridine rings is 1. The zero-order valence-electron chi connectivity index (χ0n) is 31.5. The van der Waals surface area contributed by atoms with Crippen LogP contribution in [0.1, 0.15) is 72.0 Å². The van der Waals surface area contributed by atoms with E-state index in [1.165, 1.54) is 26.0 Å². The molecule has 2 aromatic carbocycles. The average molecular weight is 906 g/mol. The predicted molar refractivity (Wildman–Crippen MR) is 199 cm³/mol. The summed E-state index contributed by atoms with van der Waals surface area (Å²) in [6, 6.07) is 4.24. The van der Waals surface area contributed by atoms with Crippen molar-refractivity contribution in [2.75, 3.05) is 11.0 Å². The molecule has 324 valence electrons. The number of hydrogen-bond acceptors (Lipinski definition) is 7. The van der Waals surface area contributed by atoms with Gasteiger partial charge < -0.3 is 10.8 Å². The third-order valence-corrected chi connectivity index (χ3v) is 10.9. The van der Waals surface area contributed by atoms with E-state index < -0.39 is 122 Å². The molecule has 11 nitrogen and oxygen atoms in total. The maximum Gasteiger partial charge on any atom is 0.435 e. The van der Waals surface area contributed by atoms with Gasteiger partial charge in [-0.2, -0.15) is 45.3 Å². The van der Waals surface area contributed by atoms with Crippen molar-refractivity contribution in [2.45, 2.75) is 75.0 Å². The Balaban J connectivity index is 1.60. The molecule has 0 spiro atoms. The fraction of sp³-hybridized carbons (Fsp3) is 0.368. The summed E-state index contributed by atoms with van der Waals surface area (Å²) < 4.78 is 175. The maximum atomic E-state index is 16.1. The van der Waals surface area contributed by atoms with Gasteiger partial charge in [0.15, 0.2) is 11.5 Å². The van der Waals surface area contributed by atoms with Crippen molar-refractivity contribution < 1.29 is 62.2 Å². The van der Waals surface area contributed by atoms with Crippen LogP contribution >= 0.6 is 11.6 Å². The lowest BCUT2D eigenvalue weighted by atomic mass is 9.84. The summed E-state index contributed by atoms with van der Waals surface area (Å²) >= 11 is 6.46. The van der Waals surface area contributed by atoms with Gasteiger partial charge in [0.25, 0.3) is 5.92 Å². The number of aromatic nitrogens is 5. The molecule has 4 N–H and O–H groups in total. The summed E-state index contributed by atoms with van der Waals surface area (Å²) in [5.74, 6) is -8.38. The Labute approximate surface area is 343 Å². The molecule has 1 amide bonds. The topological polar surface area (TPSA) is 158 Å². The van der Waals surface area contributed by atoms with Gasteiger partial charge in [-0.3, -0.25) is 14.2 Å². The van der Waals surface area contributed by atoms with Gasteiger partial charge in [-0.25, -0.2) is 26.9 Å². The number of carbonyl (C=O) groups is 1. The van der Waals surface area contributed by atoms with Crippen LogP contribution in [-0.2, 0) is 39.9 Å². The van der Waals surface area contributed by atoms with Crippen molar-refractivity contribution in [1.29, 1.82) is 0 Å². The number of carbonyl (C=O) groups excluding carboxylic acids is 1. The van der Waals surface area contributed by atoms with Gasteiger partial charge in [-0.15, -0.1) is 0 Å². The predicted octanol–water partition coefficient (Wildman–Crippen LogP) is 7.56. The number of halogens is 11. The molecule has 2 aliphatic rings. The minimum absolute atomic E-state index is 0.132. The number of nitrogens with two attached hydrogens (primary N) is 1. The Kier molecular flexibility index (Phi) is 10.5. The van der Waals surface area contributed by atoms with Crippen molar-refractivity contribution in [1.82, 2.24) is 24.5 Å². The van der Waals surface area contributed by atoms with Crippen LogP contribution in [0.4, 0.5) is 49.7 Å². The van der Waals surface area contributed by atoms with Crippen molar-refractivity contribution in [3.8, 4) is 23.0 Å². The Hall–Kier alpha value is -5.40. The van der Waals surface area contributed by atoms with Crippen molar-refractivity contribution in [3.63, 3.8) is 0 Å². The van der Waals surface area contributed by atoms with Crippen LogP contribution in [0.2, 0.25) is 5.02 Å². The zero-order valence-corrected chi connectivity index (χ0v) is 33.1. The van der Waals surface area contributed by atoms with E-state index in [-0.39, 0.29) is 43.9 Å². The SMILES string of the molecule is CC(C)(O)C#Cc1ccc(-c2ccc(Cl)c3c(NS(C)(=O)=O)nn(CC(F)(F)F)c23)c([C@@H](Cc2cc(F)cc(F)c2)C(C(N)=O)n2nc(C(F)(F)F)c3c2C(F)(F)[C@@H]2C[C@H]32)n1. The van der Waals surface area contributed by atoms with Gasteiger partial charge in [0.05, 0.1) is 27.9 Å². The van der Waals surface area contributed by atoms with Crippen LogP contribution in [0.25, 0.3) is 22.0 Å². The third kappa shape index (κ3) is 8.59. The first-order valence-corrected chi connectivity index (χ1v) is 20.1. The van der Waals surface area contributed by atoms with E-state index in [0.29, 0.717) is 17.0 Å². The second-order valence-corrected chi connectivity index (χ2v) is 17.5. The Morgan fingerprint density at radius 2 is 1.69 bits per heavy atom. The molecular weight excluding hydrogens is 876 g/mol. The quantitative estimate of drug-likeness (QED) is 0.0965. The molecular formula is C38H30ClF10N7O4S. The van der Waals surface area contributed by atoms with Gasteiger partial charge in [-0.1, -0.05) is 23.6 Å². The molecule has 2 aliphatic carbocycles. The van der Waals surface area contributed by atoms with Crippen LogP contribution in [0.5, 0.6) is 0 Å². The zero-order chi connectivity index (χ0) is 44.9. The Bertz CT molecular complexity index is 2790. The summed E-state index contributed by atoms with van der Waals surface area (Å²) in [5, 5.41) is 17.0. The highest BCUT2D eigenvalue weighted by molar-refractivity contribution is 7.92. The van der Waals surface area contributed by atoms with E-state index in [1.807, 2.05) is 4.72 Å². The van der Waals surface area contributed by atoms with Gasteiger partial charge in [0.1, 0.15) is 41.2 Å². The molecule has 4 atom stereocenters. The second kappa shape index (κ2) is 14.6. The molecule has 1 saturated carbocycles. The van der Waals surface area contributed by atoms with Gasteiger partial charge in [-0.05, 0) is 74.4 Å². The number of fused-ring (bicyclic) bond motifs is 4. The minimum Gasteiger partial charge on any atom is -0.378 e. The average Bonchev–Trinajstić information content (AvgIpc) is 3.61. The molecule has 7 rings (SSSR count). The molecule has 3 heterocycles. The number of aliphatic hydroxyl groups is 1. The van der Waals surface area contributed by atoms with Crippen LogP contribution in [0, 0.1) is 29.4 Å². The van der Waals surface area contributed by atoms with E-state index in [2.05, 4.69) is 27.0 Å². The number of nitrogens with one attached hydrogen (secondary N) is 1. The van der Waals surface area contributed by atoms with E-state index >= 15 is 8.78 Å². The standard InChI is InChI=1S/C38H30ClF10N7O4S/c1-35(2,58)9-8-19-4-5-20(21-6-7-25(39)27-29(21)55(15-36(42,43)44)53-34(27)54-61(3,59)60)28(51-19)23(12-16-10-17(40)13-18(41)11-16)30(33(50)57)56-32-26(31(52-56)38(47,48)49)22-14-24(22)37(32,45)46/h4-7,10-11,13,22-24,30,58H,12,14-15H2,1-3H3,(H2,50,57)(H,53,54)/t22-,23+,24+,30?/m0/s1. The highest BCUT2D eigenvalue weighted by Crippen LogP contribution is 2.69. The van der Waals surface area contributed by atoms with Crippen LogP contribution in [-0.4, -0.2) is 62.0 Å². The van der Waals surface area contributed by atoms with Gasteiger partial charge >= 0.3 is 12.4 Å². The smallest absolute Gasteiger partial charge is 0.378 e. The highest BCUT2D eigenvalue weighted by atomic mass is 35.5. The maximum absolute atomic E-state index is 16.1. The fourth-order valence-electron chi connectivity index (χ4n) is 7.76. The first kappa shape index (κ1) is 43.7. The second-order valence-electron chi connectivity index (χ2n) is 15.3. The fourth-order valence-corrected chi connectivity index (χ4v) is 8.50. The lowest BCUT2D eigenvalue weighted by Crippen LogP contribution is -2.37. The molecule has 23 heteroatoms. The molecule has 1 unspecified atom stereocenters. The monoisotopic (exact) mass is 905 g/mol. The largest absolute Gasteiger partial charge is 0.435 e. The number of benzene rings is 2. The number of rotatable bonds is 10. The highest BCUT2D eigenvalue weighted by Gasteiger charge is 2.69. The van der Waals surface area contributed by atoms with Crippen molar-refractivity contribution >= 4 is 44.3 Å². The van der Waals surface area contributed by atoms with E-state index in [9.17, 15) is 53.4 Å². The number of alkyl halides is 8. The number of amides is 1. The summed E-state index contributed by atoms with van der Waals surface area (Å²) in [6.45, 7) is 0.720. The van der Waals surface area contributed by atoms with Crippen LogP contribution in [0.3, 0.4) is 0 Å². The van der Waals surface area contributed by atoms with E-state index in [1.54, 1.807) is 0 Å². The lowest BCUT2D eigenvalue weighted by molar-refractivity contribution is -0.143. The van der Waals surface area contributed by atoms with Crippen molar-refractivity contribution in [2.24, 2.45) is 11.7 Å². The number of nitrogens with zero attached hydrogens (tertiary/aromatic N) is 5. The summed E-state index contributed by atoms with van der Waals surface area (Å²) in [6.07, 6.45) is -10.8. The number of sulfonamides is 1. The molecule has 0 bridgehead atoms. The summed E-state index contributed by atoms with van der Waals surface area (Å²) in [7, 11) is -4.23. The number of anilines is 1. The third-order valence-electron chi connectivity index (χ3n) is 9.99. The molecule has 61 heavy (non-hydrogen) atoms. The van der Waals surface area contributed by atoms with Crippen LogP contribution < -0.4 is 10.5 Å². The molecule has 1 fully saturated rings. The lowest BCUT2D eigenvalue weighted by Gasteiger charge is -2.29. The van der Waals surface area contributed by atoms with Gasteiger partial charge in [0.2, 0.25) is 15.9 Å². The molecule has 5 aromatic rings. The summed E-state index contributed by atoms with van der Waals surface area (Å²) in [4.78, 5) is 18.3. The Morgan fingerprint density at radius 1 is 1.05 bits per heavy atom. The normalized spacial score (nSPS) is 18.3.